The minimum atomic E-state index is 0.134. The highest BCUT2D eigenvalue weighted by atomic mass is 15.1. The van der Waals surface area contributed by atoms with Gasteiger partial charge in [0.15, 0.2) is 0 Å². The molecule has 1 aliphatic heterocycles. The van der Waals surface area contributed by atoms with Gasteiger partial charge in [-0.3, -0.25) is 4.90 Å². The van der Waals surface area contributed by atoms with Crippen LogP contribution in [0, 0.1) is 5.92 Å². The summed E-state index contributed by atoms with van der Waals surface area (Å²) in [7, 11) is 0. The van der Waals surface area contributed by atoms with Crippen LogP contribution in [-0.2, 0) is 18.5 Å². The van der Waals surface area contributed by atoms with E-state index in [9.17, 15) is 0 Å². The van der Waals surface area contributed by atoms with Crippen molar-refractivity contribution in [3.8, 4) is 0 Å². The predicted molar refractivity (Wildman–Crippen MR) is 113 cm³/mol. The molecule has 4 rings (SSSR count). The third-order valence-corrected chi connectivity index (χ3v) is 5.82. The third kappa shape index (κ3) is 4.08. The largest absolute Gasteiger partial charge is 0.329 e. The van der Waals surface area contributed by atoms with Crippen molar-refractivity contribution in [1.82, 2.24) is 14.5 Å². The summed E-state index contributed by atoms with van der Waals surface area (Å²) in [6, 6.07) is 17.4. The molecule has 0 spiro atoms. The van der Waals surface area contributed by atoms with Gasteiger partial charge in [0.05, 0.1) is 0 Å². The molecule has 3 heteroatoms. The van der Waals surface area contributed by atoms with Gasteiger partial charge in [0.25, 0.3) is 0 Å². The van der Waals surface area contributed by atoms with E-state index in [1.165, 1.54) is 42.6 Å². The molecule has 3 aromatic rings. The molecule has 1 saturated heterocycles. The molecular weight excluding hydrogens is 330 g/mol. The third-order valence-electron chi connectivity index (χ3n) is 5.82. The molecule has 1 aliphatic rings. The van der Waals surface area contributed by atoms with Gasteiger partial charge in [0, 0.05) is 35.8 Å². The second-order valence-electron chi connectivity index (χ2n) is 9.01. The van der Waals surface area contributed by atoms with Crippen LogP contribution in [-0.4, -0.2) is 27.5 Å². The lowest BCUT2D eigenvalue weighted by molar-refractivity contribution is 0.166. The van der Waals surface area contributed by atoms with E-state index in [0.717, 1.165) is 24.7 Å². The van der Waals surface area contributed by atoms with Crippen molar-refractivity contribution in [2.45, 2.75) is 52.1 Å². The van der Waals surface area contributed by atoms with Crippen LogP contribution in [0.2, 0.25) is 0 Å². The minimum absolute atomic E-state index is 0.134. The number of hydrogen-bond acceptors (Lipinski definition) is 2. The summed E-state index contributed by atoms with van der Waals surface area (Å²) in [5.41, 5.74) is 4.11. The summed E-state index contributed by atoms with van der Waals surface area (Å²) in [6.07, 6.45) is 4.46. The zero-order chi connectivity index (χ0) is 18.9. The quantitative estimate of drug-likeness (QED) is 0.633. The van der Waals surface area contributed by atoms with Crippen LogP contribution < -0.4 is 0 Å². The lowest BCUT2D eigenvalue weighted by atomic mass is 9.91. The Labute approximate surface area is 163 Å². The molecule has 0 bridgehead atoms. The molecular formula is C24H31N3. The Morgan fingerprint density at radius 2 is 1.74 bits per heavy atom. The maximum Gasteiger partial charge on any atom is 0.140 e. The van der Waals surface area contributed by atoms with Gasteiger partial charge >= 0.3 is 0 Å². The van der Waals surface area contributed by atoms with Gasteiger partial charge in [-0.1, -0.05) is 51.1 Å². The molecule has 0 N–H and O–H groups in total. The maximum atomic E-state index is 4.70. The van der Waals surface area contributed by atoms with E-state index in [-0.39, 0.29) is 5.41 Å². The Morgan fingerprint density at radius 3 is 2.44 bits per heavy atom. The number of piperidine rings is 1. The van der Waals surface area contributed by atoms with E-state index in [1.807, 2.05) is 12.3 Å². The van der Waals surface area contributed by atoms with Gasteiger partial charge < -0.3 is 4.57 Å². The molecule has 0 unspecified atom stereocenters. The Morgan fingerprint density at radius 1 is 1.00 bits per heavy atom. The summed E-state index contributed by atoms with van der Waals surface area (Å²) in [6.45, 7) is 11.5. The zero-order valence-electron chi connectivity index (χ0n) is 16.9. The Bertz CT molecular complexity index is 881. The number of likely N-dealkylation sites (tertiary alicyclic amines) is 1. The van der Waals surface area contributed by atoms with E-state index in [1.54, 1.807) is 0 Å². The zero-order valence-corrected chi connectivity index (χ0v) is 16.9. The Balaban J connectivity index is 1.46. The molecule has 142 valence electrons. The molecule has 27 heavy (non-hydrogen) atoms. The van der Waals surface area contributed by atoms with Gasteiger partial charge in [-0.2, -0.15) is 0 Å². The lowest BCUT2D eigenvalue weighted by Gasteiger charge is -2.33. The summed E-state index contributed by atoms with van der Waals surface area (Å²) in [4.78, 5) is 7.30. The van der Waals surface area contributed by atoms with Crippen LogP contribution in [0.25, 0.3) is 11.0 Å². The summed E-state index contributed by atoms with van der Waals surface area (Å²) in [5, 5.41) is 1.27. The SMILES string of the molecule is CC(C)(C)c1cc2cccnc2n1CC1CCN(Cc2ccccc2)CC1. The van der Waals surface area contributed by atoms with Crippen LogP contribution in [0.4, 0.5) is 0 Å². The number of nitrogens with zero attached hydrogens (tertiary/aromatic N) is 3. The fourth-order valence-corrected chi connectivity index (χ4v) is 4.32. The first kappa shape index (κ1) is 18.2. The van der Waals surface area contributed by atoms with Gasteiger partial charge in [0.2, 0.25) is 0 Å². The van der Waals surface area contributed by atoms with Crippen LogP contribution in [0.15, 0.2) is 54.7 Å². The highest BCUT2D eigenvalue weighted by molar-refractivity contribution is 5.77. The van der Waals surface area contributed by atoms with Gasteiger partial charge in [-0.05, 0) is 55.6 Å². The van der Waals surface area contributed by atoms with E-state index in [0.29, 0.717) is 0 Å². The molecule has 1 fully saturated rings. The number of aromatic nitrogens is 2. The molecule has 0 atom stereocenters. The number of rotatable bonds is 4. The van der Waals surface area contributed by atoms with E-state index >= 15 is 0 Å². The van der Waals surface area contributed by atoms with Crippen molar-refractivity contribution in [2.75, 3.05) is 13.1 Å². The van der Waals surface area contributed by atoms with E-state index in [4.69, 9.17) is 4.98 Å². The highest BCUT2D eigenvalue weighted by Crippen LogP contribution is 2.31. The molecule has 3 nitrogen and oxygen atoms in total. The average Bonchev–Trinajstić information content (AvgIpc) is 3.03. The lowest BCUT2D eigenvalue weighted by Crippen LogP contribution is -2.35. The minimum Gasteiger partial charge on any atom is -0.329 e. The molecule has 0 radical (unpaired) electrons. The summed E-state index contributed by atoms with van der Waals surface area (Å²) >= 11 is 0. The molecule has 2 aromatic heterocycles. The van der Waals surface area contributed by atoms with Gasteiger partial charge in [0.1, 0.15) is 5.65 Å². The fourth-order valence-electron chi connectivity index (χ4n) is 4.32. The summed E-state index contributed by atoms with van der Waals surface area (Å²) < 4.78 is 2.49. The summed E-state index contributed by atoms with van der Waals surface area (Å²) in [5.74, 6) is 0.732. The molecule has 1 aromatic carbocycles. The molecule has 0 aliphatic carbocycles. The maximum absolute atomic E-state index is 4.70. The van der Waals surface area contributed by atoms with E-state index in [2.05, 4.69) is 72.7 Å². The standard InChI is InChI=1S/C24H31N3/c1-24(2,3)22-16-21-10-7-13-25-23(21)27(22)18-20-11-14-26(15-12-20)17-19-8-5-4-6-9-19/h4-10,13,16,20H,11-12,14-15,17-18H2,1-3H3. The Kier molecular flexibility index (Phi) is 5.05. The number of benzene rings is 1. The van der Waals surface area contributed by atoms with Crippen LogP contribution in [0.5, 0.6) is 0 Å². The first-order valence-electron chi connectivity index (χ1n) is 10.2. The van der Waals surface area contributed by atoms with Crippen molar-refractivity contribution < 1.29 is 0 Å². The average molecular weight is 362 g/mol. The van der Waals surface area contributed by atoms with Crippen LogP contribution in [0.3, 0.4) is 0 Å². The first-order chi connectivity index (χ1) is 13.0. The highest BCUT2D eigenvalue weighted by Gasteiger charge is 2.25. The van der Waals surface area contributed by atoms with Crippen molar-refractivity contribution in [1.29, 1.82) is 0 Å². The first-order valence-corrected chi connectivity index (χ1v) is 10.2. The smallest absolute Gasteiger partial charge is 0.140 e. The van der Waals surface area contributed by atoms with Crippen molar-refractivity contribution in [3.05, 3.63) is 66.0 Å². The fraction of sp³-hybridized carbons (Fsp3) is 0.458. The normalized spacial score (nSPS) is 16.9. The number of fused-ring (bicyclic) bond motifs is 1. The molecule has 0 saturated carbocycles. The van der Waals surface area contributed by atoms with Gasteiger partial charge in [-0.15, -0.1) is 0 Å². The second-order valence-corrected chi connectivity index (χ2v) is 9.01. The van der Waals surface area contributed by atoms with Crippen molar-refractivity contribution in [3.63, 3.8) is 0 Å². The van der Waals surface area contributed by atoms with E-state index < -0.39 is 0 Å². The number of hydrogen-bond donors (Lipinski definition) is 0. The number of pyridine rings is 1. The van der Waals surface area contributed by atoms with Gasteiger partial charge in [-0.25, -0.2) is 4.98 Å². The monoisotopic (exact) mass is 361 g/mol. The van der Waals surface area contributed by atoms with Crippen molar-refractivity contribution >= 4 is 11.0 Å². The molecule has 0 amide bonds. The van der Waals surface area contributed by atoms with Crippen LogP contribution in [0.1, 0.15) is 44.9 Å². The van der Waals surface area contributed by atoms with Crippen molar-refractivity contribution in [2.24, 2.45) is 5.92 Å². The topological polar surface area (TPSA) is 21.1 Å². The second kappa shape index (κ2) is 7.47. The Hall–Kier alpha value is -2.13. The molecule has 3 heterocycles. The van der Waals surface area contributed by atoms with Crippen LogP contribution >= 0.6 is 0 Å². The predicted octanol–water partition coefficient (Wildman–Crippen LogP) is 5.25.